The predicted molar refractivity (Wildman–Crippen MR) is 73.6 cm³/mol. The highest BCUT2D eigenvalue weighted by Crippen LogP contribution is 2.31. The summed E-state index contributed by atoms with van der Waals surface area (Å²) in [5.41, 5.74) is 0.550. The Morgan fingerprint density at radius 3 is 2.55 bits per heavy atom. The summed E-state index contributed by atoms with van der Waals surface area (Å²) in [6.07, 6.45) is 0.489. The molecule has 20 heavy (non-hydrogen) atoms. The molecule has 1 unspecified atom stereocenters. The number of hydrogen-bond acceptors (Lipinski definition) is 3. The van der Waals surface area contributed by atoms with Gasteiger partial charge in [0.05, 0.1) is 11.1 Å². The quantitative estimate of drug-likeness (QED) is 0.909. The van der Waals surface area contributed by atoms with Crippen LogP contribution in [0.1, 0.15) is 49.3 Å². The molecule has 0 aliphatic carbocycles. The van der Waals surface area contributed by atoms with Crippen molar-refractivity contribution >= 4 is 11.9 Å². The largest absolute Gasteiger partial charge is 0.481 e. The summed E-state index contributed by atoms with van der Waals surface area (Å²) in [4.78, 5) is 25.3. The minimum absolute atomic E-state index is 0.142. The van der Waals surface area contributed by atoms with E-state index in [-0.39, 0.29) is 18.4 Å². The van der Waals surface area contributed by atoms with Crippen LogP contribution in [-0.2, 0) is 11.8 Å². The number of rotatable bonds is 3. The topological polar surface area (TPSA) is 75.4 Å². The standard InChI is InChI=1S/C14H21N3O3/c1-9(2)10-7-11(16(4)15-10)12(18)17-6-5-14(3,8-17)13(19)20/h7,9H,5-6,8H2,1-4H3,(H,19,20). The van der Waals surface area contributed by atoms with Gasteiger partial charge in [0.15, 0.2) is 0 Å². The van der Waals surface area contributed by atoms with Crippen LogP contribution in [0.4, 0.5) is 0 Å². The number of aryl methyl sites for hydroxylation is 1. The number of aliphatic carboxylic acids is 1. The second-order valence-corrected chi connectivity index (χ2v) is 6.08. The Hall–Kier alpha value is -1.85. The molecule has 1 amide bonds. The van der Waals surface area contributed by atoms with E-state index >= 15 is 0 Å². The van der Waals surface area contributed by atoms with Gasteiger partial charge in [-0.15, -0.1) is 0 Å². The van der Waals surface area contributed by atoms with Gasteiger partial charge < -0.3 is 10.0 Å². The summed E-state index contributed by atoms with van der Waals surface area (Å²) in [5, 5.41) is 13.5. The first-order valence-electron chi connectivity index (χ1n) is 6.81. The van der Waals surface area contributed by atoms with Crippen LogP contribution in [0.3, 0.4) is 0 Å². The summed E-state index contributed by atoms with van der Waals surface area (Å²) < 4.78 is 1.58. The van der Waals surface area contributed by atoms with E-state index in [1.165, 1.54) is 0 Å². The third kappa shape index (κ3) is 2.42. The lowest BCUT2D eigenvalue weighted by atomic mass is 9.90. The van der Waals surface area contributed by atoms with Crippen molar-refractivity contribution in [3.05, 3.63) is 17.5 Å². The Morgan fingerprint density at radius 2 is 2.10 bits per heavy atom. The van der Waals surface area contributed by atoms with E-state index in [4.69, 9.17) is 0 Å². The molecule has 1 fully saturated rings. The summed E-state index contributed by atoms with van der Waals surface area (Å²) in [6, 6.07) is 1.80. The highest BCUT2D eigenvalue weighted by Gasteiger charge is 2.42. The Labute approximate surface area is 118 Å². The first kappa shape index (κ1) is 14.6. The molecule has 2 rings (SSSR count). The maximum absolute atomic E-state index is 12.5. The first-order valence-corrected chi connectivity index (χ1v) is 6.81. The van der Waals surface area contributed by atoms with Crippen LogP contribution in [0.15, 0.2) is 6.07 Å². The predicted octanol–water partition coefficient (Wildman–Crippen LogP) is 1.48. The summed E-state index contributed by atoms with van der Waals surface area (Å²) in [5.74, 6) is -0.733. The molecule has 0 aromatic carbocycles. The van der Waals surface area contributed by atoms with Gasteiger partial charge in [-0.3, -0.25) is 14.3 Å². The molecule has 1 aromatic rings. The molecular formula is C14H21N3O3. The van der Waals surface area contributed by atoms with Crippen molar-refractivity contribution in [3.8, 4) is 0 Å². The van der Waals surface area contributed by atoms with Gasteiger partial charge in [-0.1, -0.05) is 13.8 Å². The van der Waals surface area contributed by atoms with Crippen molar-refractivity contribution in [2.45, 2.75) is 33.1 Å². The van der Waals surface area contributed by atoms with Gasteiger partial charge in [-0.25, -0.2) is 0 Å². The molecule has 0 spiro atoms. The van der Waals surface area contributed by atoms with E-state index in [0.717, 1.165) is 5.69 Å². The monoisotopic (exact) mass is 279 g/mol. The van der Waals surface area contributed by atoms with E-state index < -0.39 is 11.4 Å². The summed E-state index contributed by atoms with van der Waals surface area (Å²) >= 11 is 0. The number of nitrogens with zero attached hydrogens (tertiary/aromatic N) is 3. The molecule has 0 bridgehead atoms. The molecule has 2 heterocycles. The maximum Gasteiger partial charge on any atom is 0.311 e. The molecule has 1 saturated heterocycles. The fourth-order valence-electron chi connectivity index (χ4n) is 2.44. The second-order valence-electron chi connectivity index (χ2n) is 6.08. The van der Waals surface area contributed by atoms with E-state index in [1.807, 2.05) is 13.8 Å². The van der Waals surface area contributed by atoms with Crippen molar-refractivity contribution in [3.63, 3.8) is 0 Å². The fourth-order valence-corrected chi connectivity index (χ4v) is 2.44. The van der Waals surface area contributed by atoms with Gasteiger partial charge in [0, 0.05) is 20.1 Å². The average Bonchev–Trinajstić information content (AvgIpc) is 2.93. The normalized spacial score (nSPS) is 22.6. The summed E-state index contributed by atoms with van der Waals surface area (Å²) in [7, 11) is 1.74. The van der Waals surface area contributed by atoms with Crippen LogP contribution in [0.5, 0.6) is 0 Å². The Kier molecular flexibility index (Phi) is 3.58. The number of carboxylic acid groups (broad SMARTS) is 1. The van der Waals surface area contributed by atoms with Crippen molar-refractivity contribution < 1.29 is 14.7 Å². The third-order valence-electron chi connectivity index (χ3n) is 3.99. The number of carboxylic acids is 1. The molecule has 1 aromatic heterocycles. The lowest BCUT2D eigenvalue weighted by Gasteiger charge is -2.20. The Balaban J connectivity index is 2.19. The number of amides is 1. The Bertz CT molecular complexity index is 550. The smallest absolute Gasteiger partial charge is 0.311 e. The van der Waals surface area contributed by atoms with Crippen LogP contribution in [0.25, 0.3) is 0 Å². The molecule has 0 saturated carbocycles. The lowest BCUT2D eigenvalue weighted by Crippen LogP contribution is -2.35. The minimum Gasteiger partial charge on any atom is -0.481 e. The van der Waals surface area contributed by atoms with Crippen LogP contribution < -0.4 is 0 Å². The number of aromatic nitrogens is 2. The van der Waals surface area contributed by atoms with Crippen LogP contribution in [-0.4, -0.2) is 44.8 Å². The second kappa shape index (κ2) is 4.92. The number of carbonyl (C=O) groups excluding carboxylic acids is 1. The molecule has 1 aliphatic rings. The minimum atomic E-state index is -0.847. The lowest BCUT2D eigenvalue weighted by molar-refractivity contribution is -0.147. The molecule has 1 atom stereocenters. The fraction of sp³-hybridized carbons (Fsp3) is 0.643. The van der Waals surface area contributed by atoms with Crippen LogP contribution >= 0.6 is 0 Å². The number of carbonyl (C=O) groups is 2. The van der Waals surface area contributed by atoms with Gasteiger partial charge >= 0.3 is 5.97 Å². The molecule has 1 N–H and O–H groups in total. The highest BCUT2D eigenvalue weighted by atomic mass is 16.4. The van der Waals surface area contributed by atoms with E-state index in [0.29, 0.717) is 18.7 Å². The molecule has 0 radical (unpaired) electrons. The van der Waals surface area contributed by atoms with Crippen molar-refractivity contribution in [1.82, 2.24) is 14.7 Å². The van der Waals surface area contributed by atoms with Gasteiger partial charge in [-0.2, -0.15) is 5.10 Å². The SMILES string of the molecule is CC(C)c1cc(C(=O)N2CCC(C)(C(=O)O)C2)n(C)n1. The van der Waals surface area contributed by atoms with Crippen molar-refractivity contribution in [1.29, 1.82) is 0 Å². The highest BCUT2D eigenvalue weighted by molar-refractivity contribution is 5.93. The van der Waals surface area contributed by atoms with E-state index in [9.17, 15) is 14.7 Å². The number of hydrogen-bond donors (Lipinski definition) is 1. The van der Waals surface area contributed by atoms with Crippen molar-refractivity contribution in [2.75, 3.05) is 13.1 Å². The molecule has 1 aliphatic heterocycles. The van der Waals surface area contributed by atoms with Gasteiger partial charge in [0.25, 0.3) is 5.91 Å². The van der Waals surface area contributed by atoms with E-state index in [1.54, 1.807) is 29.6 Å². The maximum atomic E-state index is 12.5. The van der Waals surface area contributed by atoms with Crippen LogP contribution in [0.2, 0.25) is 0 Å². The zero-order valence-electron chi connectivity index (χ0n) is 12.4. The average molecular weight is 279 g/mol. The molecule has 6 nitrogen and oxygen atoms in total. The van der Waals surface area contributed by atoms with Gasteiger partial charge in [0.1, 0.15) is 5.69 Å². The van der Waals surface area contributed by atoms with Gasteiger partial charge in [0.2, 0.25) is 0 Å². The molecule has 6 heteroatoms. The van der Waals surface area contributed by atoms with Crippen LogP contribution in [0, 0.1) is 5.41 Å². The zero-order chi connectivity index (χ0) is 15.1. The molecule has 110 valence electrons. The third-order valence-corrected chi connectivity index (χ3v) is 3.99. The number of likely N-dealkylation sites (tertiary alicyclic amines) is 1. The van der Waals surface area contributed by atoms with E-state index in [2.05, 4.69) is 5.10 Å². The molecular weight excluding hydrogens is 258 g/mol. The zero-order valence-corrected chi connectivity index (χ0v) is 12.4. The van der Waals surface area contributed by atoms with Crippen molar-refractivity contribution in [2.24, 2.45) is 12.5 Å². The first-order chi connectivity index (χ1) is 9.24. The summed E-state index contributed by atoms with van der Waals surface area (Å²) in [6.45, 7) is 6.46. The van der Waals surface area contributed by atoms with Gasteiger partial charge in [-0.05, 0) is 25.3 Å². The Morgan fingerprint density at radius 1 is 1.45 bits per heavy atom.